The van der Waals surface area contributed by atoms with Gasteiger partial charge >= 0.3 is 0 Å². The van der Waals surface area contributed by atoms with E-state index in [1.807, 2.05) is 6.07 Å². The zero-order valence-corrected chi connectivity index (χ0v) is 14.7. The van der Waals surface area contributed by atoms with Crippen LogP contribution in [0, 0.1) is 32.8 Å². The van der Waals surface area contributed by atoms with Crippen molar-refractivity contribution in [3.8, 4) is 29.2 Å². The predicted octanol–water partition coefficient (Wildman–Crippen LogP) is 4.80. The molecule has 28 heavy (non-hydrogen) atoms. The third kappa shape index (κ3) is 3.74. The van der Waals surface area contributed by atoms with Crippen LogP contribution in [0.3, 0.4) is 0 Å². The fourth-order valence-corrected chi connectivity index (χ4v) is 2.65. The summed E-state index contributed by atoms with van der Waals surface area (Å²) in [4.78, 5) is 10.4. The molecule has 7 nitrogen and oxygen atoms in total. The van der Waals surface area contributed by atoms with Crippen molar-refractivity contribution >= 4 is 17.3 Å². The third-order valence-electron chi connectivity index (χ3n) is 4.00. The number of hydrogen-bond donors (Lipinski definition) is 0. The molecular weight excluding hydrogens is 358 g/mol. The molecule has 136 valence electrons. The molecule has 0 aliphatic carbocycles. The molecule has 0 bridgehead atoms. The number of benzene rings is 2. The molecule has 0 radical (unpaired) electrons. The summed E-state index contributed by atoms with van der Waals surface area (Å²) >= 11 is 0. The van der Waals surface area contributed by atoms with E-state index in [0.29, 0.717) is 39.5 Å². The van der Waals surface area contributed by atoms with E-state index in [-0.39, 0.29) is 5.69 Å². The van der Waals surface area contributed by atoms with Gasteiger partial charge < -0.3 is 9.15 Å². The minimum Gasteiger partial charge on any atom is -0.496 e. The van der Waals surface area contributed by atoms with Gasteiger partial charge in [0.15, 0.2) is 0 Å². The second-order valence-electron chi connectivity index (χ2n) is 5.71. The Labute approximate surface area is 160 Å². The van der Waals surface area contributed by atoms with Crippen LogP contribution in [0.5, 0.6) is 5.75 Å². The van der Waals surface area contributed by atoms with Crippen molar-refractivity contribution < 1.29 is 14.1 Å². The molecule has 0 fully saturated rings. The Morgan fingerprint density at radius 3 is 2.68 bits per heavy atom. The van der Waals surface area contributed by atoms with E-state index in [2.05, 4.69) is 6.07 Å². The summed E-state index contributed by atoms with van der Waals surface area (Å²) in [5.41, 5.74) is 1.87. The van der Waals surface area contributed by atoms with Crippen LogP contribution >= 0.6 is 0 Å². The molecule has 0 aliphatic rings. The first-order valence-electron chi connectivity index (χ1n) is 8.10. The third-order valence-corrected chi connectivity index (χ3v) is 4.00. The lowest BCUT2D eigenvalue weighted by atomic mass is 10.0. The normalized spacial score (nSPS) is 10.8. The molecule has 0 aliphatic heterocycles. The van der Waals surface area contributed by atoms with Gasteiger partial charge in [0.1, 0.15) is 17.3 Å². The highest BCUT2D eigenvalue weighted by molar-refractivity contribution is 5.89. The summed E-state index contributed by atoms with van der Waals surface area (Å²) in [5, 5.41) is 29.4. The van der Waals surface area contributed by atoms with E-state index in [4.69, 9.17) is 14.4 Å². The van der Waals surface area contributed by atoms with Crippen molar-refractivity contribution in [3.05, 3.63) is 81.6 Å². The molecule has 0 spiro atoms. The minimum absolute atomic E-state index is 0.0867. The predicted molar refractivity (Wildman–Crippen MR) is 102 cm³/mol. The fraction of sp³-hybridized carbons (Fsp3) is 0.0476. The van der Waals surface area contributed by atoms with Crippen LogP contribution in [0.25, 0.3) is 23.0 Å². The molecule has 0 atom stereocenters. The second-order valence-corrected chi connectivity index (χ2v) is 5.71. The summed E-state index contributed by atoms with van der Waals surface area (Å²) < 4.78 is 11.0. The SMILES string of the molecule is COc1cc([N+](=O)[O-])ccc1-c1ccc(C=C(C#N)c2cccc(C#N)c2)o1. The molecule has 7 heteroatoms. The number of nitrogens with zero attached hydrogens (tertiary/aromatic N) is 3. The number of nitriles is 2. The lowest BCUT2D eigenvalue weighted by Gasteiger charge is -2.05. The van der Waals surface area contributed by atoms with Gasteiger partial charge in [0.05, 0.1) is 46.9 Å². The zero-order chi connectivity index (χ0) is 20.1. The number of rotatable bonds is 5. The summed E-state index contributed by atoms with van der Waals surface area (Å²) in [5.74, 6) is 1.18. The molecular formula is C21H13N3O4. The number of non-ortho nitro benzene ring substituents is 1. The highest BCUT2D eigenvalue weighted by Crippen LogP contribution is 2.34. The van der Waals surface area contributed by atoms with E-state index in [9.17, 15) is 15.4 Å². The average Bonchev–Trinajstić information content (AvgIpc) is 3.19. The molecule has 0 unspecified atom stereocenters. The lowest BCUT2D eigenvalue weighted by Crippen LogP contribution is -1.92. The summed E-state index contributed by atoms with van der Waals surface area (Å²) in [6, 6.07) is 18.5. The molecule has 0 saturated carbocycles. The Bertz CT molecular complexity index is 1160. The summed E-state index contributed by atoms with van der Waals surface area (Å²) in [7, 11) is 1.42. The smallest absolute Gasteiger partial charge is 0.273 e. The minimum atomic E-state index is -0.503. The Balaban J connectivity index is 1.98. The van der Waals surface area contributed by atoms with E-state index >= 15 is 0 Å². The first-order chi connectivity index (χ1) is 13.5. The Morgan fingerprint density at radius 1 is 1.18 bits per heavy atom. The average molecular weight is 371 g/mol. The van der Waals surface area contributed by atoms with E-state index in [1.54, 1.807) is 48.5 Å². The van der Waals surface area contributed by atoms with Crippen LogP contribution in [0.1, 0.15) is 16.9 Å². The van der Waals surface area contributed by atoms with Crippen LogP contribution in [0.2, 0.25) is 0 Å². The van der Waals surface area contributed by atoms with Crippen molar-refractivity contribution in [2.75, 3.05) is 7.11 Å². The van der Waals surface area contributed by atoms with Crippen LogP contribution in [0.15, 0.2) is 59.0 Å². The highest BCUT2D eigenvalue weighted by Gasteiger charge is 2.15. The standard InChI is InChI=1S/C21H13N3O4/c1-27-21-11-17(24(25)26)5-7-19(21)20-8-6-18(28-20)10-16(13-23)15-4-2-3-14(9-15)12-22/h2-11H,1H3. The van der Waals surface area contributed by atoms with Crippen molar-refractivity contribution in [3.63, 3.8) is 0 Å². The number of hydrogen-bond acceptors (Lipinski definition) is 6. The molecule has 3 rings (SSSR count). The number of allylic oxidation sites excluding steroid dienone is 1. The van der Waals surface area contributed by atoms with E-state index < -0.39 is 4.92 Å². The Kier molecular flexibility index (Phi) is 5.20. The number of methoxy groups -OCH3 is 1. The lowest BCUT2D eigenvalue weighted by molar-refractivity contribution is -0.384. The van der Waals surface area contributed by atoms with E-state index in [1.165, 1.54) is 19.2 Å². The van der Waals surface area contributed by atoms with Crippen molar-refractivity contribution in [1.82, 2.24) is 0 Å². The van der Waals surface area contributed by atoms with Gasteiger partial charge in [-0.15, -0.1) is 0 Å². The number of nitro groups is 1. The van der Waals surface area contributed by atoms with Crippen LogP contribution in [0.4, 0.5) is 5.69 Å². The van der Waals surface area contributed by atoms with Crippen molar-refractivity contribution in [1.29, 1.82) is 10.5 Å². The van der Waals surface area contributed by atoms with Crippen LogP contribution in [-0.2, 0) is 0 Å². The molecule has 0 saturated heterocycles. The van der Waals surface area contributed by atoms with Crippen LogP contribution in [-0.4, -0.2) is 12.0 Å². The number of ether oxygens (including phenoxy) is 1. The van der Waals surface area contributed by atoms with Gasteiger partial charge in [-0.2, -0.15) is 10.5 Å². The van der Waals surface area contributed by atoms with Gasteiger partial charge in [0.2, 0.25) is 0 Å². The monoisotopic (exact) mass is 371 g/mol. The zero-order valence-electron chi connectivity index (χ0n) is 14.7. The Morgan fingerprint density at radius 2 is 2.00 bits per heavy atom. The molecule has 2 aromatic carbocycles. The second kappa shape index (κ2) is 7.90. The van der Waals surface area contributed by atoms with Crippen molar-refractivity contribution in [2.45, 2.75) is 0 Å². The fourth-order valence-electron chi connectivity index (χ4n) is 2.65. The van der Waals surface area contributed by atoms with Gasteiger partial charge in [-0.05, 0) is 42.0 Å². The Hall–Kier alpha value is -4.36. The molecule has 1 aromatic heterocycles. The van der Waals surface area contributed by atoms with Gasteiger partial charge in [-0.25, -0.2) is 0 Å². The molecule has 0 amide bonds. The van der Waals surface area contributed by atoms with Crippen molar-refractivity contribution in [2.24, 2.45) is 0 Å². The van der Waals surface area contributed by atoms with Gasteiger partial charge in [0, 0.05) is 6.07 Å². The summed E-state index contributed by atoms with van der Waals surface area (Å²) in [6.45, 7) is 0. The highest BCUT2D eigenvalue weighted by atomic mass is 16.6. The quantitative estimate of drug-likeness (QED) is 0.362. The number of furan rings is 1. The van der Waals surface area contributed by atoms with E-state index in [0.717, 1.165) is 0 Å². The number of nitro benzene ring substituents is 1. The maximum atomic E-state index is 10.9. The first kappa shape index (κ1) is 18.4. The largest absolute Gasteiger partial charge is 0.496 e. The van der Waals surface area contributed by atoms with Gasteiger partial charge in [-0.3, -0.25) is 10.1 Å². The van der Waals surface area contributed by atoms with Gasteiger partial charge in [0.25, 0.3) is 5.69 Å². The van der Waals surface area contributed by atoms with Crippen LogP contribution < -0.4 is 4.74 Å². The topological polar surface area (TPSA) is 113 Å². The molecule has 3 aromatic rings. The maximum absolute atomic E-state index is 10.9. The molecule has 0 N–H and O–H groups in total. The van der Waals surface area contributed by atoms with Gasteiger partial charge in [-0.1, -0.05) is 12.1 Å². The maximum Gasteiger partial charge on any atom is 0.273 e. The molecule has 1 heterocycles. The summed E-state index contributed by atoms with van der Waals surface area (Å²) in [6.07, 6.45) is 1.57. The first-order valence-corrected chi connectivity index (χ1v) is 8.10.